The molecule has 0 spiro atoms. The molecule has 1 amide bonds. The highest BCUT2D eigenvalue weighted by Gasteiger charge is 2.30. The highest BCUT2D eigenvalue weighted by molar-refractivity contribution is 6.05. The van der Waals surface area contributed by atoms with Crippen molar-refractivity contribution in [1.82, 2.24) is 5.32 Å². The summed E-state index contributed by atoms with van der Waals surface area (Å²) < 4.78 is 21.4. The molecule has 0 radical (unpaired) electrons. The topological polar surface area (TPSA) is 104 Å². The molecule has 0 aliphatic rings. The SMILES string of the molecule is CC[C@H](C)[C@@H](NC(=O)OC(C)(C)C)C(=O)Oc1ccc2c(c1)oc(=O)c1cc(OC)ccc12. The van der Waals surface area contributed by atoms with Gasteiger partial charge in [-0.1, -0.05) is 20.3 Å². The number of hydrogen-bond acceptors (Lipinski definition) is 7. The molecule has 0 fully saturated rings. The molecule has 1 N–H and O–H groups in total. The van der Waals surface area contributed by atoms with Crippen molar-refractivity contribution in [3.8, 4) is 11.5 Å². The molecule has 0 saturated heterocycles. The number of methoxy groups -OCH3 is 1. The summed E-state index contributed by atoms with van der Waals surface area (Å²) in [6.07, 6.45) is -0.0615. The molecule has 0 saturated carbocycles. The summed E-state index contributed by atoms with van der Waals surface area (Å²) in [5.41, 5.74) is -0.941. The van der Waals surface area contributed by atoms with E-state index < -0.39 is 29.3 Å². The molecule has 8 heteroatoms. The Kier molecular flexibility index (Phi) is 6.95. The highest BCUT2D eigenvalue weighted by Crippen LogP contribution is 2.29. The molecule has 1 aromatic heterocycles. The van der Waals surface area contributed by atoms with Gasteiger partial charge in [0.2, 0.25) is 0 Å². The van der Waals surface area contributed by atoms with Crippen molar-refractivity contribution in [1.29, 1.82) is 0 Å². The molecule has 0 aliphatic carbocycles. The van der Waals surface area contributed by atoms with Crippen LogP contribution in [0, 0.1) is 5.92 Å². The maximum absolute atomic E-state index is 12.9. The Bertz CT molecular complexity index is 1240. The maximum atomic E-state index is 12.9. The van der Waals surface area contributed by atoms with Gasteiger partial charge in [-0.2, -0.15) is 0 Å². The van der Waals surface area contributed by atoms with E-state index >= 15 is 0 Å². The van der Waals surface area contributed by atoms with E-state index in [-0.39, 0.29) is 17.3 Å². The number of hydrogen-bond donors (Lipinski definition) is 1. The van der Waals surface area contributed by atoms with E-state index in [4.69, 9.17) is 18.6 Å². The molecule has 0 bridgehead atoms. The normalized spacial score (nSPS) is 13.4. The second-order valence-corrected chi connectivity index (χ2v) is 8.89. The molecule has 8 nitrogen and oxygen atoms in total. The van der Waals surface area contributed by atoms with E-state index in [1.165, 1.54) is 13.2 Å². The minimum atomic E-state index is -0.906. The summed E-state index contributed by atoms with van der Waals surface area (Å²) in [4.78, 5) is 37.6. The summed E-state index contributed by atoms with van der Waals surface area (Å²) in [5.74, 6) is -0.0826. The van der Waals surface area contributed by atoms with Crippen molar-refractivity contribution in [2.75, 3.05) is 7.11 Å². The lowest BCUT2D eigenvalue weighted by atomic mass is 9.99. The molecular weight excluding hydrogens is 426 g/mol. The van der Waals surface area contributed by atoms with Gasteiger partial charge in [-0.3, -0.25) is 0 Å². The second kappa shape index (κ2) is 9.52. The fourth-order valence-electron chi connectivity index (χ4n) is 3.37. The summed E-state index contributed by atoms with van der Waals surface area (Å²) >= 11 is 0. The largest absolute Gasteiger partial charge is 0.497 e. The molecule has 3 aromatic rings. The Hall–Kier alpha value is -3.55. The number of benzene rings is 2. The predicted molar refractivity (Wildman–Crippen MR) is 125 cm³/mol. The third-order valence-electron chi connectivity index (χ3n) is 5.25. The van der Waals surface area contributed by atoms with Crippen LogP contribution in [0.1, 0.15) is 41.0 Å². The number of ether oxygens (including phenoxy) is 3. The van der Waals surface area contributed by atoms with Crippen LogP contribution in [-0.2, 0) is 9.53 Å². The first-order valence-electron chi connectivity index (χ1n) is 10.8. The number of esters is 1. The van der Waals surface area contributed by atoms with Crippen molar-refractivity contribution in [2.24, 2.45) is 5.92 Å². The van der Waals surface area contributed by atoms with E-state index in [0.29, 0.717) is 28.3 Å². The third-order valence-corrected chi connectivity index (χ3v) is 5.25. The molecule has 1 heterocycles. The van der Waals surface area contributed by atoms with E-state index in [1.807, 2.05) is 13.8 Å². The Labute approximate surface area is 191 Å². The lowest BCUT2D eigenvalue weighted by Gasteiger charge is -2.25. The number of alkyl carbamates (subject to hydrolysis) is 1. The van der Waals surface area contributed by atoms with Crippen molar-refractivity contribution in [3.63, 3.8) is 0 Å². The minimum absolute atomic E-state index is 0.192. The molecule has 2 aromatic carbocycles. The van der Waals surface area contributed by atoms with E-state index in [1.54, 1.807) is 51.1 Å². The van der Waals surface area contributed by atoms with Gasteiger partial charge in [0.05, 0.1) is 12.5 Å². The first-order valence-corrected chi connectivity index (χ1v) is 10.8. The zero-order valence-electron chi connectivity index (χ0n) is 19.7. The van der Waals surface area contributed by atoms with Gasteiger partial charge >= 0.3 is 17.7 Å². The summed E-state index contributed by atoms with van der Waals surface area (Å²) in [6, 6.07) is 9.07. The number of carbonyl (C=O) groups excluding carboxylic acids is 2. The lowest BCUT2D eigenvalue weighted by Crippen LogP contribution is -2.48. The number of fused-ring (bicyclic) bond motifs is 3. The lowest BCUT2D eigenvalue weighted by molar-refractivity contribution is -0.138. The zero-order chi connectivity index (χ0) is 24.3. The summed E-state index contributed by atoms with van der Waals surface area (Å²) in [5, 5.41) is 4.39. The molecule has 0 unspecified atom stereocenters. The molecule has 0 aliphatic heterocycles. The molecule has 2 atom stereocenters. The van der Waals surface area contributed by atoms with Crippen molar-refractivity contribution in [3.05, 3.63) is 46.8 Å². The highest BCUT2D eigenvalue weighted by atomic mass is 16.6. The smallest absolute Gasteiger partial charge is 0.408 e. The van der Waals surface area contributed by atoms with Crippen molar-refractivity contribution < 1.29 is 28.2 Å². The number of rotatable bonds is 6. The van der Waals surface area contributed by atoms with Gasteiger partial charge in [-0.25, -0.2) is 14.4 Å². The fraction of sp³-hybridized carbons (Fsp3) is 0.400. The monoisotopic (exact) mass is 455 g/mol. The minimum Gasteiger partial charge on any atom is -0.497 e. The van der Waals surface area contributed by atoms with Gasteiger partial charge in [0, 0.05) is 16.8 Å². The quantitative estimate of drug-likeness (QED) is 0.246. The van der Waals surface area contributed by atoms with E-state index in [2.05, 4.69) is 5.32 Å². The van der Waals surface area contributed by atoms with Gasteiger partial charge in [-0.05, 0) is 57.0 Å². The summed E-state index contributed by atoms with van der Waals surface area (Å²) in [7, 11) is 1.52. The molecule has 176 valence electrons. The first-order chi connectivity index (χ1) is 15.5. The average molecular weight is 456 g/mol. The van der Waals surface area contributed by atoms with E-state index in [0.717, 1.165) is 0 Å². The molecule has 33 heavy (non-hydrogen) atoms. The molecular formula is C25H29NO7. The Morgan fingerprint density at radius 1 is 1.03 bits per heavy atom. The third kappa shape index (κ3) is 5.63. The standard InChI is InChI=1S/C25H29NO7/c1-7-14(2)21(26-24(29)33-25(3,4)5)23(28)31-16-9-11-18-17-10-8-15(30-6)12-19(17)22(27)32-20(18)13-16/h8-14,21H,7H2,1-6H3,(H,26,29)/t14-,21+/m0/s1. The van der Waals surface area contributed by atoms with Gasteiger partial charge in [0.25, 0.3) is 0 Å². The predicted octanol–water partition coefficient (Wildman–Crippen LogP) is 4.80. The number of amides is 1. The Balaban J connectivity index is 1.88. The van der Waals surface area contributed by atoms with Crippen molar-refractivity contribution >= 4 is 33.8 Å². The van der Waals surface area contributed by atoms with Crippen LogP contribution in [0.4, 0.5) is 4.79 Å². The Morgan fingerprint density at radius 2 is 1.70 bits per heavy atom. The average Bonchev–Trinajstić information content (AvgIpc) is 2.75. The zero-order valence-corrected chi connectivity index (χ0v) is 19.7. The van der Waals surface area contributed by atoms with E-state index in [9.17, 15) is 14.4 Å². The van der Waals surface area contributed by atoms with Crippen LogP contribution in [0.2, 0.25) is 0 Å². The fourth-order valence-corrected chi connectivity index (χ4v) is 3.37. The molecule has 3 rings (SSSR count). The van der Waals surface area contributed by atoms with Crippen LogP contribution in [0.5, 0.6) is 11.5 Å². The van der Waals surface area contributed by atoms with Gasteiger partial charge in [-0.15, -0.1) is 0 Å². The summed E-state index contributed by atoms with van der Waals surface area (Å²) in [6.45, 7) is 8.97. The van der Waals surface area contributed by atoms with Crippen LogP contribution >= 0.6 is 0 Å². The second-order valence-electron chi connectivity index (χ2n) is 8.89. The Morgan fingerprint density at radius 3 is 2.33 bits per heavy atom. The van der Waals surface area contributed by atoms with Gasteiger partial charge in [0.1, 0.15) is 28.7 Å². The van der Waals surface area contributed by atoms with Gasteiger partial charge in [0.15, 0.2) is 0 Å². The maximum Gasteiger partial charge on any atom is 0.408 e. The van der Waals surface area contributed by atoms with Crippen LogP contribution in [0.3, 0.4) is 0 Å². The number of nitrogens with one attached hydrogen (secondary N) is 1. The van der Waals surface area contributed by atoms with Crippen LogP contribution in [0.25, 0.3) is 21.7 Å². The van der Waals surface area contributed by atoms with Gasteiger partial charge < -0.3 is 23.9 Å². The van der Waals surface area contributed by atoms with Crippen LogP contribution in [0.15, 0.2) is 45.6 Å². The first kappa shape index (κ1) is 24.1. The van der Waals surface area contributed by atoms with Crippen LogP contribution < -0.4 is 20.4 Å². The van der Waals surface area contributed by atoms with Crippen molar-refractivity contribution in [2.45, 2.75) is 52.7 Å². The van der Waals surface area contributed by atoms with Crippen LogP contribution in [-0.4, -0.2) is 30.8 Å². The number of carbonyl (C=O) groups is 2.